The van der Waals surface area contributed by atoms with Gasteiger partial charge in [-0.15, -0.1) is 0 Å². The van der Waals surface area contributed by atoms with Crippen molar-refractivity contribution in [2.45, 2.75) is 13.8 Å². The number of aromatic carboxylic acids is 1. The average Bonchev–Trinajstić information content (AvgIpc) is 2.41. The van der Waals surface area contributed by atoms with Gasteiger partial charge in [-0.25, -0.2) is 4.79 Å². The Kier molecular flexibility index (Phi) is 3.56. The van der Waals surface area contributed by atoms with Gasteiger partial charge in [0.1, 0.15) is 5.75 Å². The van der Waals surface area contributed by atoms with Crippen molar-refractivity contribution in [3.63, 3.8) is 0 Å². The van der Waals surface area contributed by atoms with E-state index < -0.39 is 5.97 Å². The van der Waals surface area contributed by atoms with Crippen molar-refractivity contribution < 1.29 is 14.6 Å². The molecule has 0 spiro atoms. The van der Waals surface area contributed by atoms with Gasteiger partial charge in [0.25, 0.3) is 0 Å². The first-order chi connectivity index (χ1) is 9.02. The highest BCUT2D eigenvalue weighted by molar-refractivity contribution is 5.89. The van der Waals surface area contributed by atoms with E-state index in [4.69, 9.17) is 9.84 Å². The predicted molar refractivity (Wildman–Crippen MR) is 74.9 cm³/mol. The van der Waals surface area contributed by atoms with Gasteiger partial charge >= 0.3 is 5.97 Å². The molecule has 2 aromatic carbocycles. The summed E-state index contributed by atoms with van der Waals surface area (Å²) in [6.45, 7) is 4.02. The fourth-order valence-electron chi connectivity index (χ4n) is 2.04. The van der Waals surface area contributed by atoms with E-state index in [0.29, 0.717) is 0 Å². The molecule has 3 heteroatoms. The van der Waals surface area contributed by atoms with Crippen LogP contribution in [0.5, 0.6) is 5.75 Å². The van der Waals surface area contributed by atoms with Crippen LogP contribution in [-0.2, 0) is 0 Å². The highest BCUT2D eigenvalue weighted by atomic mass is 16.5. The van der Waals surface area contributed by atoms with Crippen molar-refractivity contribution in [1.29, 1.82) is 0 Å². The molecule has 19 heavy (non-hydrogen) atoms. The zero-order chi connectivity index (χ0) is 14.0. The molecule has 0 saturated carbocycles. The number of aryl methyl sites for hydroxylation is 1. The van der Waals surface area contributed by atoms with Gasteiger partial charge < -0.3 is 9.84 Å². The van der Waals surface area contributed by atoms with E-state index in [1.54, 1.807) is 25.3 Å². The van der Waals surface area contributed by atoms with Crippen LogP contribution in [0.1, 0.15) is 21.5 Å². The second kappa shape index (κ2) is 5.14. The number of rotatable bonds is 3. The molecular formula is C16H16O3. The first-order valence-electron chi connectivity index (χ1n) is 6.02. The van der Waals surface area contributed by atoms with Crippen LogP contribution in [0.3, 0.4) is 0 Å². The Balaban J connectivity index is 2.56. The standard InChI is InChI=1S/C16H16O3/c1-10-7-14(9-15(19-3)11(10)2)12-5-4-6-13(8-12)16(17)18/h4-9H,1-3H3,(H,17,18). The van der Waals surface area contributed by atoms with Gasteiger partial charge in [-0.3, -0.25) is 0 Å². The fourth-order valence-corrected chi connectivity index (χ4v) is 2.04. The van der Waals surface area contributed by atoms with Crippen LogP contribution in [0.2, 0.25) is 0 Å². The number of hydrogen-bond donors (Lipinski definition) is 1. The molecule has 0 aliphatic heterocycles. The monoisotopic (exact) mass is 256 g/mol. The number of carbonyl (C=O) groups is 1. The van der Waals surface area contributed by atoms with Gasteiger partial charge in [-0.1, -0.05) is 18.2 Å². The molecule has 2 aromatic rings. The van der Waals surface area contributed by atoms with Gasteiger partial charge in [-0.2, -0.15) is 0 Å². The summed E-state index contributed by atoms with van der Waals surface area (Å²) < 4.78 is 5.35. The Hall–Kier alpha value is -2.29. The van der Waals surface area contributed by atoms with Crippen molar-refractivity contribution in [2.24, 2.45) is 0 Å². The molecule has 98 valence electrons. The molecule has 0 unspecified atom stereocenters. The maximum Gasteiger partial charge on any atom is 0.335 e. The first-order valence-corrected chi connectivity index (χ1v) is 6.02. The molecule has 0 bridgehead atoms. The summed E-state index contributed by atoms with van der Waals surface area (Å²) in [6, 6.07) is 10.9. The van der Waals surface area contributed by atoms with Gasteiger partial charge in [0.2, 0.25) is 0 Å². The van der Waals surface area contributed by atoms with Crippen LogP contribution in [0.15, 0.2) is 36.4 Å². The van der Waals surface area contributed by atoms with E-state index in [2.05, 4.69) is 0 Å². The van der Waals surface area contributed by atoms with Crippen LogP contribution in [0, 0.1) is 13.8 Å². The Bertz CT molecular complexity index is 630. The molecule has 0 saturated heterocycles. The van der Waals surface area contributed by atoms with Crippen molar-refractivity contribution >= 4 is 5.97 Å². The lowest BCUT2D eigenvalue weighted by molar-refractivity contribution is 0.0697. The Labute approximate surface area is 112 Å². The summed E-state index contributed by atoms with van der Waals surface area (Å²) in [5.41, 5.74) is 4.34. The van der Waals surface area contributed by atoms with Crippen molar-refractivity contribution in [3.05, 3.63) is 53.1 Å². The third-order valence-electron chi connectivity index (χ3n) is 3.28. The van der Waals surface area contributed by atoms with Gasteiger partial charge in [0, 0.05) is 0 Å². The van der Waals surface area contributed by atoms with E-state index >= 15 is 0 Å². The summed E-state index contributed by atoms with van der Waals surface area (Å²) in [6.07, 6.45) is 0. The highest BCUT2D eigenvalue weighted by Gasteiger charge is 2.08. The molecule has 0 fully saturated rings. The summed E-state index contributed by atoms with van der Waals surface area (Å²) in [7, 11) is 1.64. The normalized spacial score (nSPS) is 10.3. The average molecular weight is 256 g/mol. The van der Waals surface area contributed by atoms with E-state index in [-0.39, 0.29) is 5.56 Å². The summed E-state index contributed by atoms with van der Waals surface area (Å²) in [5.74, 6) is -0.103. The Morgan fingerprint density at radius 1 is 1.11 bits per heavy atom. The number of carboxylic acids is 1. The molecule has 0 atom stereocenters. The predicted octanol–water partition coefficient (Wildman–Crippen LogP) is 3.68. The Morgan fingerprint density at radius 3 is 2.47 bits per heavy atom. The van der Waals surface area contributed by atoms with Gasteiger partial charge in [-0.05, 0) is 54.3 Å². The molecule has 2 rings (SSSR count). The molecule has 0 aromatic heterocycles. The molecule has 0 aliphatic carbocycles. The highest BCUT2D eigenvalue weighted by Crippen LogP contribution is 2.30. The molecular weight excluding hydrogens is 240 g/mol. The lowest BCUT2D eigenvalue weighted by Gasteiger charge is -2.11. The maximum atomic E-state index is 11.0. The number of carboxylic acid groups (broad SMARTS) is 1. The molecule has 3 nitrogen and oxygen atoms in total. The molecule has 0 amide bonds. The smallest absolute Gasteiger partial charge is 0.335 e. The number of hydrogen-bond acceptors (Lipinski definition) is 2. The first kappa shape index (κ1) is 13.1. The Morgan fingerprint density at radius 2 is 1.84 bits per heavy atom. The van der Waals surface area contributed by atoms with E-state index in [9.17, 15) is 4.79 Å². The maximum absolute atomic E-state index is 11.0. The molecule has 0 heterocycles. The van der Waals surface area contributed by atoms with Crippen LogP contribution in [0.25, 0.3) is 11.1 Å². The molecule has 0 radical (unpaired) electrons. The SMILES string of the molecule is COc1cc(-c2cccc(C(=O)O)c2)cc(C)c1C. The summed E-state index contributed by atoms with van der Waals surface area (Å²) in [5, 5.41) is 9.03. The van der Waals surface area contributed by atoms with Crippen LogP contribution >= 0.6 is 0 Å². The largest absolute Gasteiger partial charge is 0.496 e. The zero-order valence-electron chi connectivity index (χ0n) is 11.2. The third kappa shape index (κ3) is 2.60. The molecule has 0 aliphatic rings. The number of methoxy groups -OCH3 is 1. The van der Waals surface area contributed by atoms with E-state index in [1.165, 1.54) is 0 Å². The van der Waals surface area contributed by atoms with Crippen molar-refractivity contribution in [3.8, 4) is 16.9 Å². The minimum absolute atomic E-state index is 0.287. The minimum atomic E-state index is -0.919. The van der Waals surface area contributed by atoms with Crippen LogP contribution in [0.4, 0.5) is 0 Å². The van der Waals surface area contributed by atoms with Crippen molar-refractivity contribution in [2.75, 3.05) is 7.11 Å². The van der Waals surface area contributed by atoms with E-state index in [1.807, 2.05) is 32.0 Å². The second-order valence-electron chi connectivity index (χ2n) is 4.51. The van der Waals surface area contributed by atoms with Gasteiger partial charge in [0.15, 0.2) is 0 Å². The fraction of sp³-hybridized carbons (Fsp3) is 0.188. The lowest BCUT2D eigenvalue weighted by Crippen LogP contribution is -1.96. The van der Waals surface area contributed by atoms with Crippen molar-refractivity contribution in [1.82, 2.24) is 0 Å². The summed E-state index contributed by atoms with van der Waals surface area (Å²) in [4.78, 5) is 11.0. The zero-order valence-corrected chi connectivity index (χ0v) is 11.2. The van der Waals surface area contributed by atoms with Crippen LogP contribution in [-0.4, -0.2) is 18.2 Å². The van der Waals surface area contributed by atoms with E-state index in [0.717, 1.165) is 28.0 Å². The molecule has 1 N–H and O–H groups in total. The number of benzene rings is 2. The minimum Gasteiger partial charge on any atom is -0.496 e. The third-order valence-corrected chi connectivity index (χ3v) is 3.28. The summed E-state index contributed by atoms with van der Waals surface area (Å²) >= 11 is 0. The number of ether oxygens (including phenoxy) is 1. The quantitative estimate of drug-likeness (QED) is 0.911. The lowest BCUT2D eigenvalue weighted by atomic mass is 9.98. The van der Waals surface area contributed by atoms with Crippen LogP contribution < -0.4 is 4.74 Å². The van der Waals surface area contributed by atoms with Gasteiger partial charge in [0.05, 0.1) is 12.7 Å². The topological polar surface area (TPSA) is 46.5 Å². The second-order valence-corrected chi connectivity index (χ2v) is 4.51.